The Labute approximate surface area is 132 Å². The third kappa shape index (κ3) is 2.59. The van der Waals surface area contributed by atoms with Gasteiger partial charge in [0, 0.05) is 50.5 Å². The molecule has 3 rings (SSSR count). The largest absolute Gasteiger partial charge is 0.381 e. The lowest BCUT2D eigenvalue weighted by Gasteiger charge is -2.50. The zero-order valence-corrected chi connectivity index (χ0v) is 14.2. The van der Waals surface area contributed by atoms with Crippen LogP contribution in [0.2, 0.25) is 0 Å². The Balaban J connectivity index is 1.65. The maximum atomic E-state index is 12.5. The molecule has 0 radical (unpaired) electrons. The fraction of sp³-hybridized carbons (Fsp3) is 0.800. The molecule has 0 saturated carbocycles. The highest BCUT2D eigenvalue weighted by Crippen LogP contribution is 2.45. The van der Waals surface area contributed by atoms with Crippen LogP contribution in [0.15, 0.2) is 12.4 Å². The van der Waals surface area contributed by atoms with Gasteiger partial charge in [0.05, 0.1) is 18.6 Å². The zero-order chi connectivity index (χ0) is 15.8. The van der Waals surface area contributed by atoms with E-state index in [4.69, 9.17) is 4.74 Å². The molecule has 6 nitrogen and oxygen atoms in total. The second kappa shape index (κ2) is 5.94. The van der Waals surface area contributed by atoms with Crippen molar-refractivity contribution in [1.29, 1.82) is 0 Å². The summed E-state index contributed by atoms with van der Waals surface area (Å²) >= 11 is 0. The predicted molar refractivity (Wildman–Crippen MR) is 84.3 cm³/mol. The summed E-state index contributed by atoms with van der Waals surface area (Å²) in [5.41, 5.74) is 1.15. The summed E-state index contributed by atoms with van der Waals surface area (Å²) in [5.74, 6) is 0.457. The average Bonchev–Trinajstić information content (AvgIpc) is 3.00. The second-order valence-electron chi connectivity index (χ2n) is 6.38. The van der Waals surface area contributed by atoms with Crippen molar-refractivity contribution in [2.75, 3.05) is 32.1 Å². The molecule has 2 saturated heterocycles. The van der Waals surface area contributed by atoms with Crippen molar-refractivity contribution in [1.82, 2.24) is 14.7 Å². The van der Waals surface area contributed by atoms with E-state index in [1.54, 1.807) is 0 Å². The van der Waals surface area contributed by atoms with Crippen LogP contribution in [0.3, 0.4) is 0 Å². The minimum absolute atomic E-state index is 0.145. The van der Waals surface area contributed by atoms with E-state index in [-0.39, 0.29) is 5.92 Å². The summed E-state index contributed by atoms with van der Waals surface area (Å²) in [7, 11) is -3.00. The van der Waals surface area contributed by atoms with Gasteiger partial charge in [0.2, 0.25) is 0 Å². The standard InChI is InChI=1S/C15H25N3O3S/c1-3-18-9-13(7-16-18)8-17-11-15(12-17)14(10-21-4-2)5-6-22(15,19)20/h7,9,14H,3-6,8,10-12H2,1-2H3/t14-/m0/s1. The number of hydrogen-bond acceptors (Lipinski definition) is 5. The van der Waals surface area contributed by atoms with E-state index in [1.165, 1.54) is 0 Å². The van der Waals surface area contributed by atoms with Crippen LogP contribution in [0.1, 0.15) is 25.8 Å². The molecule has 2 aliphatic rings. The molecule has 2 fully saturated rings. The summed E-state index contributed by atoms with van der Waals surface area (Å²) in [6.07, 6.45) is 4.64. The minimum Gasteiger partial charge on any atom is -0.381 e. The highest BCUT2D eigenvalue weighted by Gasteiger charge is 2.61. The maximum absolute atomic E-state index is 12.5. The van der Waals surface area contributed by atoms with Crippen molar-refractivity contribution in [2.24, 2.45) is 5.92 Å². The van der Waals surface area contributed by atoms with Crippen LogP contribution in [0, 0.1) is 5.92 Å². The first kappa shape index (κ1) is 16.0. The molecule has 22 heavy (non-hydrogen) atoms. The molecule has 3 heterocycles. The van der Waals surface area contributed by atoms with Crippen LogP contribution < -0.4 is 0 Å². The number of ether oxygens (including phenoxy) is 1. The summed E-state index contributed by atoms with van der Waals surface area (Å²) in [5, 5.41) is 4.27. The Hall–Kier alpha value is -0.920. The third-order valence-electron chi connectivity index (χ3n) is 5.02. The van der Waals surface area contributed by atoms with Crippen molar-refractivity contribution < 1.29 is 13.2 Å². The Morgan fingerprint density at radius 1 is 1.41 bits per heavy atom. The van der Waals surface area contributed by atoms with Gasteiger partial charge in [0.15, 0.2) is 9.84 Å². The molecule has 7 heteroatoms. The van der Waals surface area contributed by atoms with E-state index in [9.17, 15) is 8.42 Å². The smallest absolute Gasteiger partial charge is 0.158 e. The molecule has 1 spiro atoms. The first-order chi connectivity index (χ1) is 10.5. The Morgan fingerprint density at radius 3 is 2.82 bits per heavy atom. The van der Waals surface area contributed by atoms with Crippen LogP contribution in [-0.2, 0) is 27.7 Å². The van der Waals surface area contributed by atoms with Crippen LogP contribution in [0.5, 0.6) is 0 Å². The number of likely N-dealkylation sites (tertiary alicyclic amines) is 1. The highest BCUT2D eigenvalue weighted by molar-refractivity contribution is 7.93. The van der Waals surface area contributed by atoms with Gasteiger partial charge < -0.3 is 4.74 Å². The number of nitrogens with zero attached hydrogens (tertiary/aromatic N) is 3. The number of aromatic nitrogens is 2. The molecule has 1 atom stereocenters. The van der Waals surface area contributed by atoms with Crippen LogP contribution >= 0.6 is 0 Å². The van der Waals surface area contributed by atoms with E-state index in [2.05, 4.69) is 16.9 Å². The van der Waals surface area contributed by atoms with E-state index in [0.717, 1.165) is 25.1 Å². The molecular weight excluding hydrogens is 302 g/mol. The summed E-state index contributed by atoms with van der Waals surface area (Å²) in [4.78, 5) is 2.21. The molecule has 1 aromatic heterocycles. The van der Waals surface area contributed by atoms with Gasteiger partial charge in [0.1, 0.15) is 4.75 Å². The zero-order valence-electron chi connectivity index (χ0n) is 13.4. The van der Waals surface area contributed by atoms with Crippen molar-refractivity contribution in [3.8, 4) is 0 Å². The molecule has 2 aliphatic heterocycles. The molecule has 1 aromatic rings. The normalized spacial score (nSPS) is 26.4. The SMILES string of the molecule is CCOC[C@@H]1CCS(=O)(=O)C12CN(Cc1cnn(CC)c1)C2. The van der Waals surface area contributed by atoms with Gasteiger partial charge in [-0.1, -0.05) is 0 Å². The van der Waals surface area contributed by atoms with E-state index < -0.39 is 14.6 Å². The molecule has 0 aliphatic carbocycles. The second-order valence-corrected chi connectivity index (χ2v) is 8.83. The van der Waals surface area contributed by atoms with Crippen molar-refractivity contribution in [3.05, 3.63) is 18.0 Å². The van der Waals surface area contributed by atoms with Gasteiger partial charge >= 0.3 is 0 Å². The topological polar surface area (TPSA) is 64.4 Å². The molecule has 0 bridgehead atoms. The number of sulfone groups is 1. The molecule has 0 unspecified atom stereocenters. The van der Waals surface area contributed by atoms with Gasteiger partial charge in [-0.3, -0.25) is 9.58 Å². The number of aryl methyl sites for hydroxylation is 1. The number of rotatable bonds is 6. The fourth-order valence-electron chi connectivity index (χ4n) is 3.71. The molecule has 124 valence electrons. The lowest BCUT2D eigenvalue weighted by atomic mass is 9.83. The first-order valence-corrected chi connectivity index (χ1v) is 9.69. The van der Waals surface area contributed by atoms with Gasteiger partial charge in [-0.05, 0) is 20.3 Å². The predicted octanol–water partition coefficient (Wildman–Crippen LogP) is 0.929. The summed E-state index contributed by atoms with van der Waals surface area (Å²) in [6, 6.07) is 0. The quantitative estimate of drug-likeness (QED) is 0.778. The fourth-order valence-corrected chi connectivity index (χ4v) is 6.16. The Bertz CT molecular complexity index is 620. The highest BCUT2D eigenvalue weighted by atomic mass is 32.2. The number of hydrogen-bond donors (Lipinski definition) is 0. The lowest BCUT2D eigenvalue weighted by molar-refractivity contribution is 0.0292. The Kier molecular flexibility index (Phi) is 4.31. The summed E-state index contributed by atoms with van der Waals surface area (Å²) < 4.78 is 31.8. The molecule has 0 aromatic carbocycles. The van der Waals surface area contributed by atoms with E-state index >= 15 is 0 Å². The van der Waals surface area contributed by atoms with E-state index in [0.29, 0.717) is 32.1 Å². The van der Waals surface area contributed by atoms with Crippen LogP contribution in [0.25, 0.3) is 0 Å². The van der Waals surface area contributed by atoms with Gasteiger partial charge in [-0.2, -0.15) is 5.10 Å². The van der Waals surface area contributed by atoms with Crippen molar-refractivity contribution in [2.45, 2.75) is 38.1 Å². The van der Waals surface area contributed by atoms with Crippen molar-refractivity contribution in [3.63, 3.8) is 0 Å². The molecular formula is C15H25N3O3S. The van der Waals surface area contributed by atoms with Gasteiger partial charge in [-0.25, -0.2) is 8.42 Å². The molecule has 0 amide bonds. The third-order valence-corrected chi connectivity index (χ3v) is 7.62. The average molecular weight is 327 g/mol. The van der Waals surface area contributed by atoms with Crippen LogP contribution in [0.4, 0.5) is 0 Å². The Morgan fingerprint density at radius 2 is 2.18 bits per heavy atom. The summed E-state index contributed by atoms with van der Waals surface area (Å²) in [6.45, 7) is 8.11. The maximum Gasteiger partial charge on any atom is 0.158 e. The molecule has 0 N–H and O–H groups in total. The van der Waals surface area contributed by atoms with Gasteiger partial charge in [-0.15, -0.1) is 0 Å². The van der Waals surface area contributed by atoms with Crippen molar-refractivity contribution >= 4 is 9.84 Å². The van der Waals surface area contributed by atoms with Crippen LogP contribution in [-0.4, -0.2) is 59.9 Å². The van der Waals surface area contributed by atoms with Gasteiger partial charge in [0.25, 0.3) is 0 Å². The van der Waals surface area contributed by atoms with E-state index in [1.807, 2.05) is 24.0 Å². The first-order valence-electron chi connectivity index (χ1n) is 8.04. The monoisotopic (exact) mass is 327 g/mol. The minimum atomic E-state index is -3.00. The lowest BCUT2D eigenvalue weighted by Crippen LogP contribution is -2.67.